The van der Waals surface area contributed by atoms with Crippen molar-refractivity contribution in [3.63, 3.8) is 0 Å². The number of nitrogens with two attached hydrogens (primary N) is 1. The Balaban J connectivity index is 2.06. The highest BCUT2D eigenvalue weighted by molar-refractivity contribution is 7.07. The zero-order valence-corrected chi connectivity index (χ0v) is 11.5. The Kier molecular flexibility index (Phi) is 4.06. The Morgan fingerprint density at radius 1 is 1.47 bits per heavy atom. The molecule has 0 radical (unpaired) electrons. The van der Waals surface area contributed by atoms with Crippen molar-refractivity contribution >= 4 is 28.7 Å². The SMILES string of the molecule is Cc1cc(NCCc2ccsc2)cc(C(=O)O)c1N. The number of carboxylic acid groups (broad SMARTS) is 1. The van der Waals surface area contributed by atoms with Crippen molar-refractivity contribution in [1.82, 2.24) is 0 Å². The van der Waals surface area contributed by atoms with Crippen LogP contribution in [0.1, 0.15) is 21.5 Å². The van der Waals surface area contributed by atoms with E-state index in [0.29, 0.717) is 5.69 Å². The molecule has 0 saturated heterocycles. The lowest BCUT2D eigenvalue weighted by molar-refractivity contribution is 0.0698. The molecule has 0 bridgehead atoms. The smallest absolute Gasteiger partial charge is 0.337 e. The maximum Gasteiger partial charge on any atom is 0.337 e. The van der Waals surface area contributed by atoms with Gasteiger partial charge in [0, 0.05) is 17.9 Å². The molecule has 0 saturated carbocycles. The van der Waals surface area contributed by atoms with Crippen LogP contribution in [0.4, 0.5) is 11.4 Å². The van der Waals surface area contributed by atoms with E-state index in [1.165, 1.54) is 5.56 Å². The van der Waals surface area contributed by atoms with Gasteiger partial charge in [0.1, 0.15) is 0 Å². The predicted molar refractivity (Wildman–Crippen MR) is 79.1 cm³/mol. The molecule has 100 valence electrons. The zero-order valence-electron chi connectivity index (χ0n) is 10.6. The van der Waals surface area contributed by atoms with Gasteiger partial charge in [-0.25, -0.2) is 4.79 Å². The van der Waals surface area contributed by atoms with Gasteiger partial charge in [-0.3, -0.25) is 0 Å². The number of anilines is 2. The summed E-state index contributed by atoms with van der Waals surface area (Å²) in [7, 11) is 0. The summed E-state index contributed by atoms with van der Waals surface area (Å²) in [6, 6.07) is 5.54. The second-order valence-electron chi connectivity index (χ2n) is 4.37. The maximum absolute atomic E-state index is 11.1. The third-order valence-electron chi connectivity index (χ3n) is 2.94. The summed E-state index contributed by atoms with van der Waals surface area (Å²) in [5.74, 6) is -0.998. The lowest BCUT2D eigenvalue weighted by atomic mass is 10.1. The van der Waals surface area contributed by atoms with Crippen LogP contribution in [0.15, 0.2) is 29.0 Å². The summed E-state index contributed by atoms with van der Waals surface area (Å²) in [6.45, 7) is 2.57. The van der Waals surface area contributed by atoms with Crippen LogP contribution in [-0.2, 0) is 6.42 Å². The summed E-state index contributed by atoms with van der Waals surface area (Å²) >= 11 is 1.67. The van der Waals surface area contributed by atoms with Gasteiger partial charge in [-0.2, -0.15) is 11.3 Å². The fraction of sp³-hybridized carbons (Fsp3) is 0.214. The van der Waals surface area contributed by atoms with E-state index in [1.807, 2.05) is 18.4 Å². The highest BCUT2D eigenvalue weighted by atomic mass is 32.1. The minimum Gasteiger partial charge on any atom is -0.478 e. The molecule has 0 aliphatic rings. The molecule has 0 unspecified atom stereocenters. The standard InChI is InChI=1S/C14H16N2O2S/c1-9-6-11(7-12(13(9)15)14(17)18)16-4-2-10-3-5-19-8-10/h3,5-8,16H,2,4,15H2,1H3,(H,17,18). The van der Waals surface area contributed by atoms with Gasteiger partial charge >= 0.3 is 5.97 Å². The molecule has 2 rings (SSSR count). The molecule has 0 amide bonds. The summed E-state index contributed by atoms with van der Waals surface area (Å²) in [6.07, 6.45) is 0.912. The normalized spacial score (nSPS) is 10.4. The fourth-order valence-electron chi connectivity index (χ4n) is 1.86. The van der Waals surface area contributed by atoms with E-state index in [2.05, 4.69) is 16.8 Å². The Morgan fingerprint density at radius 3 is 2.89 bits per heavy atom. The lowest BCUT2D eigenvalue weighted by Gasteiger charge is -2.11. The topological polar surface area (TPSA) is 75.3 Å². The molecule has 0 aliphatic heterocycles. The molecular weight excluding hydrogens is 260 g/mol. The monoisotopic (exact) mass is 276 g/mol. The number of rotatable bonds is 5. The van der Waals surface area contributed by atoms with Crippen LogP contribution in [0.5, 0.6) is 0 Å². The van der Waals surface area contributed by atoms with Crippen molar-refractivity contribution in [2.24, 2.45) is 0 Å². The molecule has 0 aliphatic carbocycles. The highest BCUT2D eigenvalue weighted by Gasteiger charge is 2.11. The largest absolute Gasteiger partial charge is 0.478 e. The van der Waals surface area contributed by atoms with Crippen LogP contribution < -0.4 is 11.1 Å². The van der Waals surface area contributed by atoms with Crippen LogP contribution in [0.3, 0.4) is 0 Å². The van der Waals surface area contributed by atoms with Gasteiger partial charge in [-0.15, -0.1) is 0 Å². The van der Waals surface area contributed by atoms with Gasteiger partial charge in [-0.05, 0) is 53.4 Å². The van der Waals surface area contributed by atoms with Gasteiger partial charge in [0.05, 0.1) is 5.56 Å². The number of benzene rings is 1. The first-order valence-corrected chi connectivity index (χ1v) is 6.90. The van der Waals surface area contributed by atoms with E-state index in [1.54, 1.807) is 17.4 Å². The number of carboxylic acids is 1. The first-order valence-electron chi connectivity index (χ1n) is 5.96. The number of nitrogen functional groups attached to an aromatic ring is 1. The van der Waals surface area contributed by atoms with Crippen molar-refractivity contribution in [1.29, 1.82) is 0 Å². The van der Waals surface area contributed by atoms with Gasteiger partial charge < -0.3 is 16.2 Å². The quantitative estimate of drug-likeness (QED) is 0.734. The minimum atomic E-state index is -0.998. The molecule has 19 heavy (non-hydrogen) atoms. The van der Waals surface area contributed by atoms with E-state index < -0.39 is 5.97 Å². The molecule has 4 N–H and O–H groups in total. The summed E-state index contributed by atoms with van der Waals surface area (Å²) < 4.78 is 0. The molecule has 5 heteroatoms. The molecule has 0 atom stereocenters. The number of hydrogen-bond acceptors (Lipinski definition) is 4. The molecular formula is C14H16N2O2S. The van der Waals surface area contributed by atoms with E-state index >= 15 is 0 Å². The van der Waals surface area contributed by atoms with Crippen molar-refractivity contribution in [2.75, 3.05) is 17.6 Å². The van der Waals surface area contributed by atoms with Crippen molar-refractivity contribution < 1.29 is 9.90 Å². The third-order valence-corrected chi connectivity index (χ3v) is 3.67. The molecule has 1 aromatic heterocycles. The molecule has 2 aromatic rings. The first kappa shape index (κ1) is 13.4. The summed E-state index contributed by atoms with van der Waals surface area (Å²) in [5.41, 5.74) is 9.08. The Hall–Kier alpha value is -2.01. The first-order chi connectivity index (χ1) is 9.08. The van der Waals surface area contributed by atoms with Gasteiger partial charge in [-0.1, -0.05) is 0 Å². The van der Waals surface area contributed by atoms with Crippen LogP contribution in [0.2, 0.25) is 0 Å². The van der Waals surface area contributed by atoms with Crippen molar-refractivity contribution in [3.8, 4) is 0 Å². The number of aryl methyl sites for hydroxylation is 1. The van der Waals surface area contributed by atoms with Gasteiger partial charge in [0.25, 0.3) is 0 Å². The van der Waals surface area contributed by atoms with Crippen LogP contribution >= 0.6 is 11.3 Å². The highest BCUT2D eigenvalue weighted by Crippen LogP contribution is 2.22. The van der Waals surface area contributed by atoms with Crippen LogP contribution in [0, 0.1) is 6.92 Å². The molecule has 0 spiro atoms. The van der Waals surface area contributed by atoms with E-state index in [-0.39, 0.29) is 5.56 Å². The molecule has 4 nitrogen and oxygen atoms in total. The van der Waals surface area contributed by atoms with Crippen LogP contribution in [0.25, 0.3) is 0 Å². The van der Waals surface area contributed by atoms with Gasteiger partial charge in [0.2, 0.25) is 0 Å². The second-order valence-corrected chi connectivity index (χ2v) is 5.15. The van der Waals surface area contributed by atoms with Gasteiger partial charge in [0.15, 0.2) is 0 Å². The Labute approximate surface area is 115 Å². The fourth-order valence-corrected chi connectivity index (χ4v) is 2.57. The molecule has 0 fully saturated rings. The average molecular weight is 276 g/mol. The Bertz CT molecular complexity index is 579. The molecule has 1 aromatic carbocycles. The summed E-state index contributed by atoms with van der Waals surface area (Å²) in [4.78, 5) is 11.1. The average Bonchev–Trinajstić information content (AvgIpc) is 2.86. The van der Waals surface area contributed by atoms with E-state index in [9.17, 15) is 4.79 Å². The molecule has 1 heterocycles. The number of nitrogens with one attached hydrogen (secondary N) is 1. The zero-order chi connectivity index (χ0) is 13.8. The van der Waals surface area contributed by atoms with Crippen molar-refractivity contribution in [3.05, 3.63) is 45.6 Å². The number of thiophene rings is 1. The third kappa shape index (κ3) is 3.26. The predicted octanol–water partition coefficient (Wildman–Crippen LogP) is 2.99. The Morgan fingerprint density at radius 2 is 2.26 bits per heavy atom. The van der Waals surface area contributed by atoms with Crippen LogP contribution in [-0.4, -0.2) is 17.6 Å². The number of carbonyl (C=O) groups is 1. The lowest BCUT2D eigenvalue weighted by Crippen LogP contribution is -2.09. The van der Waals surface area contributed by atoms with E-state index in [0.717, 1.165) is 24.2 Å². The van der Waals surface area contributed by atoms with Crippen molar-refractivity contribution in [2.45, 2.75) is 13.3 Å². The number of aromatic carboxylic acids is 1. The number of hydrogen-bond donors (Lipinski definition) is 3. The minimum absolute atomic E-state index is 0.151. The second kappa shape index (κ2) is 5.75. The maximum atomic E-state index is 11.1. The van der Waals surface area contributed by atoms with E-state index in [4.69, 9.17) is 10.8 Å². The summed E-state index contributed by atoms with van der Waals surface area (Å²) in [5, 5.41) is 16.5.